The molecule has 1 aromatic carbocycles. The number of esters is 1. The van der Waals surface area contributed by atoms with E-state index in [2.05, 4.69) is 4.74 Å². The molecule has 0 saturated carbocycles. The number of amides is 2. The Kier molecular flexibility index (Phi) is 3.41. The SMILES string of the molecule is COC(=O)c1ccc2c(c1)C(=O)N(c1sccc1[N+](=O)[O-])C2=O. The molecular weight excluding hydrogens is 324 g/mol. The lowest BCUT2D eigenvalue weighted by Gasteiger charge is -2.10. The fraction of sp³-hybridized carbons (Fsp3) is 0.0714. The highest BCUT2D eigenvalue weighted by molar-refractivity contribution is 7.15. The Labute approximate surface area is 133 Å². The maximum absolute atomic E-state index is 12.5. The zero-order chi connectivity index (χ0) is 16.7. The van der Waals surface area contributed by atoms with Gasteiger partial charge in [-0.2, -0.15) is 0 Å². The fourth-order valence-corrected chi connectivity index (χ4v) is 3.13. The number of carbonyl (C=O) groups excluding carboxylic acids is 3. The second-order valence-corrected chi connectivity index (χ2v) is 5.46. The highest BCUT2D eigenvalue weighted by Gasteiger charge is 2.41. The van der Waals surface area contributed by atoms with E-state index in [1.165, 1.54) is 36.8 Å². The van der Waals surface area contributed by atoms with Crippen LogP contribution in [-0.4, -0.2) is 29.8 Å². The fourth-order valence-electron chi connectivity index (χ4n) is 2.27. The minimum Gasteiger partial charge on any atom is -0.465 e. The van der Waals surface area contributed by atoms with E-state index in [-0.39, 0.29) is 27.4 Å². The smallest absolute Gasteiger partial charge is 0.337 e. The standard InChI is InChI=1S/C14H8N2O6S/c1-22-14(19)7-2-3-8-9(6-7)12(18)15(11(8)17)13-10(16(20)21)4-5-23-13/h2-6H,1H3. The average Bonchev–Trinajstić information content (AvgIpc) is 3.10. The first-order valence-electron chi connectivity index (χ1n) is 6.28. The van der Waals surface area contributed by atoms with Crippen LogP contribution in [0.1, 0.15) is 31.1 Å². The van der Waals surface area contributed by atoms with E-state index in [9.17, 15) is 24.5 Å². The quantitative estimate of drug-likeness (QED) is 0.369. The van der Waals surface area contributed by atoms with Crippen LogP contribution in [0.3, 0.4) is 0 Å². The van der Waals surface area contributed by atoms with Crippen molar-refractivity contribution < 1.29 is 24.0 Å². The number of ether oxygens (including phenoxy) is 1. The number of hydrogen-bond donors (Lipinski definition) is 0. The highest BCUT2D eigenvalue weighted by atomic mass is 32.1. The van der Waals surface area contributed by atoms with Gasteiger partial charge in [0, 0.05) is 6.07 Å². The van der Waals surface area contributed by atoms with Crippen molar-refractivity contribution in [2.45, 2.75) is 0 Å². The number of anilines is 1. The average molecular weight is 332 g/mol. The van der Waals surface area contributed by atoms with E-state index in [1.807, 2.05) is 0 Å². The van der Waals surface area contributed by atoms with Gasteiger partial charge in [0.2, 0.25) is 0 Å². The number of methoxy groups -OCH3 is 1. The Morgan fingerprint density at radius 3 is 2.57 bits per heavy atom. The van der Waals surface area contributed by atoms with E-state index in [0.29, 0.717) is 0 Å². The minimum absolute atomic E-state index is 0.0144. The van der Waals surface area contributed by atoms with Crippen LogP contribution in [0.15, 0.2) is 29.6 Å². The predicted molar refractivity (Wildman–Crippen MR) is 79.9 cm³/mol. The topological polar surface area (TPSA) is 107 Å². The van der Waals surface area contributed by atoms with Crippen molar-refractivity contribution in [1.82, 2.24) is 0 Å². The van der Waals surface area contributed by atoms with E-state index in [1.54, 1.807) is 0 Å². The third-order valence-electron chi connectivity index (χ3n) is 3.33. The first kappa shape index (κ1) is 14.9. The normalized spacial score (nSPS) is 13.2. The molecule has 0 N–H and O–H groups in total. The van der Waals surface area contributed by atoms with Crippen LogP contribution in [0.5, 0.6) is 0 Å². The van der Waals surface area contributed by atoms with Crippen molar-refractivity contribution >= 4 is 39.8 Å². The molecule has 1 aliphatic rings. The summed E-state index contributed by atoms with van der Waals surface area (Å²) in [6, 6.07) is 5.17. The van der Waals surface area contributed by atoms with E-state index in [0.717, 1.165) is 16.2 Å². The number of benzene rings is 1. The van der Waals surface area contributed by atoms with Gasteiger partial charge in [0.25, 0.3) is 11.8 Å². The third kappa shape index (κ3) is 2.18. The number of carbonyl (C=O) groups is 3. The number of thiophene rings is 1. The molecule has 8 nitrogen and oxygen atoms in total. The summed E-state index contributed by atoms with van der Waals surface area (Å²) in [5, 5.41) is 12.4. The maximum atomic E-state index is 12.5. The largest absolute Gasteiger partial charge is 0.465 e. The number of imide groups is 1. The van der Waals surface area contributed by atoms with Gasteiger partial charge in [-0.05, 0) is 23.6 Å². The van der Waals surface area contributed by atoms with Crippen LogP contribution in [0.25, 0.3) is 0 Å². The molecule has 0 aliphatic carbocycles. The molecule has 2 amide bonds. The van der Waals surface area contributed by atoms with E-state index in [4.69, 9.17) is 0 Å². The molecule has 116 valence electrons. The summed E-state index contributed by atoms with van der Waals surface area (Å²) in [6.45, 7) is 0. The molecule has 2 aromatic rings. The molecule has 2 heterocycles. The third-order valence-corrected chi connectivity index (χ3v) is 4.22. The lowest BCUT2D eigenvalue weighted by atomic mass is 10.1. The summed E-state index contributed by atoms with van der Waals surface area (Å²) in [5.41, 5.74) is -0.0985. The van der Waals surface area contributed by atoms with Crippen molar-refractivity contribution in [3.05, 3.63) is 56.5 Å². The van der Waals surface area contributed by atoms with Gasteiger partial charge in [0.15, 0.2) is 5.00 Å². The Morgan fingerprint density at radius 1 is 1.22 bits per heavy atom. The van der Waals surface area contributed by atoms with Crippen molar-refractivity contribution in [2.24, 2.45) is 0 Å². The van der Waals surface area contributed by atoms with E-state index >= 15 is 0 Å². The summed E-state index contributed by atoms with van der Waals surface area (Å²) < 4.78 is 4.57. The zero-order valence-electron chi connectivity index (χ0n) is 11.6. The van der Waals surface area contributed by atoms with Crippen LogP contribution in [0.2, 0.25) is 0 Å². The van der Waals surface area contributed by atoms with Crippen molar-refractivity contribution in [3.63, 3.8) is 0 Å². The summed E-state index contributed by atoms with van der Waals surface area (Å²) in [4.78, 5) is 47.5. The maximum Gasteiger partial charge on any atom is 0.337 e. The molecule has 0 atom stereocenters. The molecule has 0 spiro atoms. The molecule has 0 fully saturated rings. The lowest BCUT2D eigenvalue weighted by molar-refractivity contribution is -0.383. The Bertz CT molecular complexity index is 872. The first-order valence-corrected chi connectivity index (χ1v) is 7.16. The molecule has 0 bridgehead atoms. The van der Waals surface area contributed by atoms with Gasteiger partial charge in [-0.1, -0.05) is 0 Å². The Balaban J connectivity index is 2.09. The summed E-state index contributed by atoms with van der Waals surface area (Å²) in [7, 11) is 1.20. The molecule has 23 heavy (non-hydrogen) atoms. The van der Waals surface area contributed by atoms with E-state index < -0.39 is 22.7 Å². The number of rotatable bonds is 3. The first-order chi connectivity index (χ1) is 11.0. The highest BCUT2D eigenvalue weighted by Crippen LogP contribution is 2.39. The number of nitrogens with zero attached hydrogens (tertiary/aromatic N) is 2. The monoisotopic (exact) mass is 332 g/mol. The molecule has 3 rings (SSSR count). The van der Waals surface area contributed by atoms with Crippen molar-refractivity contribution in [3.8, 4) is 0 Å². The summed E-state index contributed by atoms with van der Waals surface area (Å²) in [5.74, 6) is -2.01. The van der Waals surface area contributed by atoms with Gasteiger partial charge in [0.1, 0.15) is 0 Å². The second kappa shape index (κ2) is 5.29. The molecule has 9 heteroatoms. The van der Waals surface area contributed by atoms with Crippen LogP contribution >= 0.6 is 11.3 Å². The number of nitro groups is 1. The molecule has 0 unspecified atom stereocenters. The molecule has 0 saturated heterocycles. The van der Waals surface area contributed by atoms with Gasteiger partial charge < -0.3 is 4.74 Å². The predicted octanol–water partition coefficient (Wildman–Crippen LogP) is 2.24. The molecule has 0 radical (unpaired) electrons. The van der Waals surface area contributed by atoms with Crippen LogP contribution < -0.4 is 4.90 Å². The van der Waals surface area contributed by atoms with Gasteiger partial charge in [-0.25, -0.2) is 9.69 Å². The molecular formula is C14H8N2O6S. The number of hydrogen-bond acceptors (Lipinski definition) is 7. The number of fused-ring (bicyclic) bond motifs is 1. The van der Waals surface area contributed by atoms with Crippen LogP contribution in [-0.2, 0) is 4.74 Å². The molecule has 1 aromatic heterocycles. The van der Waals surface area contributed by atoms with Crippen molar-refractivity contribution in [2.75, 3.05) is 12.0 Å². The summed E-state index contributed by atoms with van der Waals surface area (Å²) >= 11 is 0.919. The Morgan fingerprint density at radius 2 is 1.91 bits per heavy atom. The zero-order valence-corrected chi connectivity index (χ0v) is 12.5. The van der Waals surface area contributed by atoms with Crippen LogP contribution in [0, 0.1) is 10.1 Å². The Hall–Kier alpha value is -3.07. The minimum atomic E-state index is -0.707. The van der Waals surface area contributed by atoms with Gasteiger partial charge in [-0.15, -0.1) is 11.3 Å². The summed E-state index contributed by atoms with van der Waals surface area (Å²) in [6.07, 6.45) is 0. The van der Waals surface area contributed by atoms with Crippen molar-refractivity contribution in [1.29, 1.82) is 0 Å². The molecule has 1 aliphatic heterocycles. The lowest BCUT2D eigenvalue weighted by Crippen LogP contribution is -2.29. The van der Waals surface area contributed by atoms with Gasteiger partial charge in [-0.3, -0.25) is 19.7 Å². The van der Waals surface area contributed by atoms with Gasteiger partial charge in [0.05, 0.1) is 28.7 Å². The van der Waals surface area contributed by atoms with Gasteiger partial charge >= 0.3 is 11.7 Å². The second-order valence-electron chi connectivity index (χ2n) is 4.57. The van der Waals surface area contributed by atoms with Crippen LogP contribution in [0.4, 0.5) is 10.7 Å².